The summed E-state index contributed by atoms with van der Waals surface area (Å²) in [7, 11) is 1.65. The number of anilines is 1. The van der Waals surface area contributed by atoms with Crippen molar-refractivity contribution in [2.45, 2.75) is 19.4 Å². The molecule has 7 heteroatoms. The molecular weight excluding hydrogens is 412 g/mol. The minimum absolute atomic E-state index is 0.00488. The molecular formula is C24H25ClN4O2. The van der Waals surface area contributed by atoms with Crippen LogP contribution in [0.4, 0.5) is 5.82 Å². The number of aromatic nitrogens is 2. The molecule has 1 fully saturated rings. The lowest BCUT2D eigenvalue weighted by Gasteiger charge is -2.31. The fourth-order valence-electron chi connectivity index (χ4n) is 3.75. The number of hydrogen-bond donors (Lipinski definition) is 1. The van der Waals surface area contributed by atoms with Crippen LogP contribution in [0.15, 0.2) is 60.7 Å². The molecule has 0 atom stereocenters. The van der Waals surface area contributed by atoms with Gasteiger partial charge in [-0.2, -0.15) is 0 Å². The van der Waals surface area contributed by atoms with E-state index in [1.165, 1.54) is 0 Å². The summed E-state index contributed by atoms with van der Waals surface area (Å²) in [6.45, 7) is 2.01. The summed E-state index contributed by atoms with van der Waals surface area (Å²) in [5, 5.41) is 12.5. The van der Waals surface area contributed by atoms with E-state index >= 15 is 0 Å². The summed E-state index contributed by atoms with van der Waals surface area (Å²) in [5.74, 6) is 1.74. The van der Waals surface area contributed by atoms with Crippen molar-refractivity contribution in [3.8, 4) is 17.0 Å². The Bertz CT molecular complexity index is 1020. The summed E-state index contributed by atoms with van der Waals surface area (Å²) in [6, 6.07) is 19.3. The van der Waals surface area contributed by atoms with Crippen molar-refractivity contribution in [2.75, 3.05) is 25.1 Å². The summed E-state index contributed by atoms with van der Waals surface area (Å²) in [4.78, 5) is 14.7. The molecule has 1 aromatic heterocycles. The van der Waals surface area contributed by atoms with Gasteiger partial charge in [-0.15, -0.1) is 10.2 Å². The first-order valence-electron chi connectivity index (χ1n) is 10.4. The number of carbonyl (C=O) groups excluding carboxylic acids is 1. The van der Waals surface area contributed by atoms with Crippen LogP contribution in [0.5, 0.6) is 5.75 Å². The van der Waals surface area contributed by atoms with E-state index in [-0.39, 0.29) is 11.8 Å². The van der Waals surface area contributed by atoms with Crippen LogP contribution in [-0.4, -0.2) is 36.3 Å². The maximum atomic E-state index is 12.6. The van der Waals surface area contributed by atoms with E-state index < -0.39 is 0 Å². The highest BCUT2D eigenvalue weighted by atomic mass is 35.5. The van der Waals surface area contributed by atoms with Gasteiger partial charge in [-0.1, -0.05) is 29.8 Å². The Morgan fingerprint density at radius 3 is 2.45 bits per heavy atom. The van der Waals surface area contributed by atoms with Crippen LogP contribution < -0.4 is 15.0 Å². The fourth-order valence-corrected chi connectivity index (χ4v) is 3.95. The standard InChI is InChI=1S/C24H25ClN4O2/c1-31-20-8-6-17(7-9-20)22-10-11-23(28-27-22)29-14-12-18(13-15-29)24(30)26-16-19-4-2-3-5-21(19)25/h2-11,18H,12-16H2,1H3,(H,26,30). The van der Waals surface area contributed by atoms with E-state index in [2.05, 4.69) is 20.4 Å². The lowest BCUT2D eigenvalue weighted by Crippen LogP contribution is -2.40. The number of benzene rings is 2. The molecule has 1 N–H and O–H groups in total. The van der Waals surface area contributed by atoms with Crippen LogP contribution in [0.3, 0.4) is 0 Å². The smallest absolute Gasteiger partial charge is 0.223 e. The third-order valence-electron chi connectivity index (χ3n) is 5.64. The summed E-state index contributed by atoms with van der Waals surface area (Å²) >= 11 is 6.17. The SMILES string of the molecule is COc1ccc(-c2ccc(N3CCC(C(=O)NCc4ccccc4Cl)CC3)nn2)cc1. The molecule has 2 aromatic carbocycles. The van der Waals surface area contributed by atoms with Crippen molar-refractivity contribution in [1.82, 2.24) is 15.5 Å². The lowest BCUT2D eigenvalue weighted by atomic mass is 9.96. The molecule has 2 heterocycles. The number of hydrogen-bond acceptors (Lipinski definition) is 5. The van der Waals surface area contributed by atoms with Crippen LogP contribution in [0.1, 0.15) is 18.4 Å². The molecule has 1 aliphatic heterocycles. The van der Waals surface area contributed by atoms with E-state index in [0.29, 0.717) is 11.6 Å². The summed E-state index contributed by atoms with van der Waals surface area (Å²) in [6.07, 6.45) is 1.58. The number of piperidine rings is 1. The van der Waals surface area contributed by atoms with Gasteiger partial charge in [0.05, 0.1) is 12.8 Å². The topological polar surface area (TPSA) is 67.3 Å². The molecule has 0 saturated carbocycles. The van der Waals surface area contributed by atoms with Crippen LogP contribution in [0, 0.1) is 5.92 Å². The number of nitrogens with zero attached hydrogens (tertiary/aromatic N) is 3. The van der Waals surface area contributed by atoms with Crippen molar-refractivity contribution in [3.05, 3.63) is 71.2 Å². The van der Waals surface area contributed by atoms with Crippen molar-refractivity contribution in [3.63, 3.8) is 0 Å². The molecule has 1 aliphatic rings. The quantitative estimate of drug-likeness (QED) is 0.622. The van der Waals surface area contributed by atoms with E-state index in [1.54, 1.807) is 7.11 Å². The number of amides is 1. The minimum Gasteiger partial charge on any atom is -0.497 e. The summed E-state index contributed by atoms with van der Waals surface area (Å²) in [5.41, 5.74) is 2.75. The number of halogens is 1. The Morgan fingerprint density at radius 2 is 1.81 bits per heavy atom. The molecule has 0 unspecified atom stereocenters. The van der Waals surface area contributed by atoms with Gasteiger partial charge in [-0.05, 0) is 60.9 Å². The summed E-state index contributed by atoms with van der Waals surface area (Å²) < 4.78 is 5.19. The molecule has 0 radical (unpaired) electrons. The Balaban J connectivity index is 1.30. The molecule has 0 spiro atoms. The predicted octanol–water partition coefficient (Wildman–Crippen LogP) is 4.34. The first-order valence-corrected chi connectivity index (χ1v) is 10.8. The molecule has 31 heavy (non-hydrogen) atoms. The van der Waals surface area contributed by atoms with Gasteiger partial charge >= 0.3 is 0 Å². The van der Waals surface area contributed by atoms with E-state index in [0.717, 1.165) is 54.3 Å². The highest BCUT2D eigenvalue weighted by Crippen LogP contribution is 2.25. The van der Waals surface area contributed by atoms with E-state index in [9.17, 15) is 4.79 Å². The molecule has 6 nitrogen and oxygen atoms in total. The van der Waals surface area contributed by atoms with Crippen molar-refractivity contribution < 1.29 is 9.53 Å². The lowest BCUT2D eigenvalue weighted by molar-refractivity contribution is -0.125. The Hall–Kier alpha value is -3.12. The molecule has 1 amide bonds. The van der Waals surface area contributed by atoms with E-state index in [1.807, 2.05) is 60.7 Å². The van der Waals surface area contributed by atoms with Gasteiger partial charge in [0.15, 0.2) is 5.82 Å². The Labute approximate surface area is 187 Å². The first-order chi connectivity index (χ1) is 15.1. The van der Waals surface area contributed by atoms with Gasteiger partial charge < -0.3 is 15.0 Å². The second-order valence-corrected chi connectivity index (χ2v) is 7.98. The highest BCUT2D eigenvalue weighted by molar-refractivity contribution is 6.31. The number of carbonyl (C=O) groups is 1. The van der Waals surface area contributed by atoms with Gasteiger partial charge in [0.25, 0.3) is 0 Å². The van der Waals surface area contributed by atoms with Crippen LogP contribution >= 0.6 is 11.6 Å². The van der Waals surface area contributed by atoms with Gasteiger partial charge in [-0.3, -0.25) is 4.79 Å². The normalized spacial score (nSPS) is 14.3. The number of nitrogens with one attached hydrogen (secondary N) is 1. The van der Waals surface area contributed by atoms with Crippen LogP contribution in [0.25, 0.3) is 11.3 Å². The number of methoxy groups -OCH3 is 1. The van der Waals surface area contributed by atoms with Gasteiger partial charge in [0.1, 0.15) is 5.75 Å². The maximum absolute atomic E-state index is 12.6. The zero-order valence-electron chi connectivity index (χ0n) is 17.4. The molecule has 160 valence electrons. The monoisotopic (exact) mass is 436 g/mol. The third kappa shape index (κ3) is 5.14. The number of ether oxygens (including phenoxy) is 1. The molecule has 4 rings (SSSR count). The largest absolute Gasteiger partial charge is 0.497 e. The molecule has 0 bridgehead atoms. The van der Waals surface area contributed by atoms with Gasteiger partial charge in [-0.25, -0.2) is 0 Å². The van der Waals surface area contributed by atoms with E-state index in [4.69, 9.17) is 16.3 Å². The van der Waals surface area contributed by atoms with Crippen molar-refractivity contribution in [2.24, 2.45) is 5.92 Å². The zero-order valence-corrected chi connectivity index (χ0v) is 18.2. The molecule has 3 aromatic rings. The Morgan fingerprint density at radius 1 is 1.06 bits per heavy atom. The highest BCUT2D eigenvalue weighted by Gasteiger charge is 2.25. The van der Waals surface area contributed by atoms with Crippen molar-refractivity contribution in [1.29, 1.82) is 0 Å². The van der Waals surface area contributed by atoms with Crippen LogP contribution in [0.2, 0.25) is 5.02 Å². The van der Waals surface area contributed by atoms with Crippen molar-refractivity contribution >= 4 is 23.3 Å². The molecule has 1 saturated heterocycles. The second-order valence-electron chi connectivity index (χ2n) is 7.58. The second kappa shape index (κ2) is 9.79. The van der Waals surface area contributed by atoms with Gasteiger partial charge in [0, 0.05) is 36.1 Å². The molecule has 0 aliphatic carbocycles. The van der Waals surface area contributed by atoms with Crippen LogP contribution in [-0.2, 0) is 11.3 Å². The number of rotatable bonds is 6. The Kier molecular flexibility index (Phi) is 6.67. The fraction of sp³-hybridized carbons (Fsp3) is 0.292. The first kappa shape index (κ1) is 21.1. The average molecular weight is 437 g/mol. The third-order valence-corrected chi connectivity index (χ3v) is 6.01. The zero-order chi connectivity index (χ0) is 21.6. The van der Waals surface area contributed by atoms with Gasteiger partial charge in [0.2, 0.25) is 5.91 Å². The average Bonchev–Trinajstić information content (AvgIpc) is 2.84. The predicted molar refractivity (Wildman–Crippen MR) is 122 cm³/mol. The minimum atomic E-state index is 0.00488. The maximum Gasteiger partial charge on any atom is 0.223 e.